The molecule has 0 fully saturated rings. The van der Waals surface area contributed by atoms with Crippen molar-refractivity contribution in [1.82, 2.24) is 4.98 Å². The van der Waals surface area contributed by atoms with Crippen molar-refractivity contribution >= 4 is 28.0 Å². The molecule has 0 aliphatic heterocycles. The fraction of sp³-hybridized carbons (Fsp3) is 0.0667. The standard InChI is InChI=1S/C15H12F3N3/c16-15(17,18)9-5-6-12-10(7-9)14(8-20-12)21-13-4-2-1-3-11(13)19/h1-8,20-21H,19H2. The first-order chi connectivity index (χ1) is 9.95. The molecule has 2 aromatic carbocycles. The van der Waals surface area contributed by atoms with Gasteiger partial charge in [-0.2, -0.15) is 13.2 Å². The van der Waals surface area contributed by atoms with Crippen LogP contribution >= 0.6 is 0 Å². The number of aromatic nitrogens is 1. The number of halogens is 3. The summed E-state index contributed by atoms with van der Waals surface area (Å²) >= 11 is 0. The maximum absolute atomic E-state index is 12.8. The molecule has 3 aromatic rings. The lowest BCUT2D eigenvalue weighted by atomic mass is 10.1. The number of fused-ring (bicyclic) bond motifs is 1. The number of alkyl halides is 3. The Morgan fingerprint density at radius 3 is 2.48 bits per heavy atom. The van der Waals surface area contributed by atoms with Gasteiger partial charge in [-0.15, -0.1) is 0 Å². The van der Waals surface area contributed by atoms with Crippen LogP contribution in [0.25, 0.3) is 10.9 Å². The number of benzene rings is 2. The third-order valence-corrected chi connectivity index (χ3v) is 3.24. The minimum absolute atomic E-state index is 0.466. The Bertz CT molecular complexity index is 790. The number of H-pyrrole nitrogens is 1. The van der Waals surface area contributed by atoms with Gasteiger partial charge in [-0.05, 0) is 30.3 Å². The predicted molar refractivity (Wildman–Crippen MR) is 77.4 cm³/mol. The average Bonchev–Trinajstić information content (AvgIpc) is 2.83. The number of nitrogens with two attached hydrogens (primary N) is 1. The molecule has 1 heterocycles. The van der Waals surface area contributed by atoms with Crippen molar-refractivity contribution in [2.24, 2.45) is 0 Å². The summed E-state index contributed by atoms with van der Waals surface area (Å²) in [7, 11) is 0. The molecule has 0 unspecified atom stereocenters. The number of nitrogens with one attached hydrogen (secondary N) is 2. The molecular formula is C15H12F3N3. The number of hydrogen-bond donors (Lipinski definition) is 3. The normalized spacial score (nSPS) is 11.8. The first-order valence-electron chi connectivity index (χ1n) is 6.25. The molecule has 0 saturated heterocycles. The van der Waals surface area contributed by atoms with Crippen LogP contribution in [0.15, 0.2) is 48.7 Å². The summed E-state index contributed by atoms with van der Waals surface area (Å²) in [5, 5.41) is 3.52. The molecular weight excluding hydrogens is 279 g/mol. The van der Waals surface area contributed by atoms with E-state index in [0.717, 1.165) is 12.1 Å². The van der Waals surface area contributed by atoms with Gasteiger partial charge in [0, 0.05) is 17.1 Å². The maximum Gasteiger partial charge on any atom is 0.416 e. The van der Waals surface area contributed by atoms with Crippen LogP contribution in [0.3, 0.4) is 0 Å². The molecule has 21 heavy (non-hydrogen) atoms. The van der Waals surface area contributed by atoms with Crippen LogP contribution in [-0.4, -0.2) is 4.98 Å². The van der Waals surface area contributed by atoms with Crippen molar-refractivity contribution in [3.8, 4) is 0 Å². The Balaban J connectivity index is 2.05. The second-order valence-corrected chi connectivity index (χ2v) is 4.67. The monoisotopic (exact) mass is 291 g/mol. The summed E-state index contributed by atoms with van der Waals surface area (Å²) in [6.07, 6.45) is -2.74. The zero-order valence-corrected chi connectivity index (χ0v) is 10.8. The smallest absolute Gasteiger partial charge is 0.397 e. The van der Waals surface area contributed by atoms with E-state index in [-0.39, 0.29) is 0 Å². The summed E-state index contributed by atoms with van der Waals surface area (Å²) in [5.74, 6) is 0. The van der Waals surface area contributed by atoms with E-state index < -0.39 is 11.7 Å². The van der Waals surface area contributed by atoms with Gasteiger partial charge < -0.3 is 16.0 Å². The lowest BCUT2D eigenvalue weighted by molar-refractivity contribution is -0.137. The summed E-state index contributed by atoms with van der Waals surface area (Å²) in [5.41, 5.74) is 7.50. The number of aromatic amines is 1. The molecule has 0 spiro atoms. The van der Waals surface area contributed by atoms with Gasteiger partial charge >= 0.3 is 6.18 Å². The minimum Gasteiger partial charge on any atom is -0.397 e. The second kappa shape index (κ2) is 4.73. The lowest BCUT2D eigenvalue weighted by Crippen LogP contribution is -2.04. The molecule has 108 valence electrons. The highest BCUT2D eigenvalue weighted by atomic mass is 19.4. The van der Waals surface area contributed by atoms with E-state index >= 15 is 0 Å². The van der Waals surface area contributed by atoms with Crippen molar-refractivity contribution in [2.45, 2.75) is 6.18 Å². The van der Waals surface area contributed by atoms with Crippen LogP contribution < -0.4 is 11.1 Å². The summed E-state index contributed by atoms with van der Waals surface area (Å²) in [4.78, 5) is 2.94. The maximum atomic E-state index is 12.8. The van der Waals surface area contributed by atoms with Gasteiger partial charge in [0.25, 0.3) is 0 Å². The van der Waals surface area contributed by atoms with Crippen LogP contribution in [0.4, 0.5) is 30.2 Å². The Kier molecular flexibility index (Phi) is 3.01. The number of anilines is 3. The lowest BCUT2D eigenvalue weighted by Gasteiger charge is -2.09. The van der Waals surface area contributed by atoms with E-state index in [1.165, 1.54) is 6.07 Å². The molecule has 4 N–H and O–H groups in total. The molecule has 0 bridgehead atoms. The highest BCUT2D eigenvalue weighted by Gasteiger charge is 2.30. The number of para-hydroxylation sites is 2. The van der Waals surface area contributed by atoms with E-state index in [0.29, 0.717) is 28.0 Å². The Morgan fingerprint density at radius 2 is 1.76 bits per heavy atom. The van der Waals surface area contributed by atoms with Gasteiger partial charge in [0.1, 0.15) is 0 Å². The molecule has 3 rings (SSSR count). The fourth-order valence-corrected chi connectivity index (χ4v) is 2.16. The van der Waals surface area contributed by atoms with Crippen molar-refractivity contribution in [3.63, 3.8) is 0 Å². The molecule has 3 nitrogen and oxygen atoms in total. The largest absolute Gasteiger partial charge is 0.416 e. The van der Waals surface area contributed by atoms with Gasteiger partial charge in [-0.3, -0.25) is 0 Å². The van der Waals surface area contributed by atoms with Crippen LogP contribution in [0.2, 0.25) is 0 Å². The summed E-state index contributed by atoms with van der Waals surface area (Å²) < 4.78 is 38.4. The Morgan fingerprint density at radius 1 is 1.00 bits per heavy atom. The van der Waals surface area contributed by atoms with Crippen LogP contribution in [0.1, 0.15) is 5.56 Å². The third-order valence-electron chi connectivity index (χ3n) is 3.24. The van der Waals surface area contributed by atoms with Gasteiger partial charge in [0.05, 0.1) is 22.6 Å². The molecule has 1 aromatic heterocycles. The quantitative estimate of drug-likeness (QED) is 0.608. The number of rotatable bonds is 2. The van der Waals surface area contributed by atoms with Crippen LogP contribution in [-0.2, 0) is 6.18 Å². The van der Waals surface area contributed by atoms with Gasteiger partial charge in [-0.1, -0.05) is 12.1 Å². The highest BCUT2D eigenvalue weighted by Crippen LogP contribution is 2.35. The Labute approximate surface area is 118 Å². The molecule has 0 saturated carbocycles. The van der Waals surface area contributed by atoms with Crippen LogP contribution in [0, 0.1) is 0 Å². The second-order valence-electron chi connectivity index (χ2n) is 4.67. The van der Waals surface area contributed by atoms with E-state index in [2.05, 4.69) is 10.3 Å². The minimum atomic E-state index is -4.37. The van der Waals surface area contributed by atoms with E-state index in [9.17, 15) is 13.2 Å². The third kappa shape index (κ3) is 2.52. The van der Waals surface area contributed by atoms with Crippen molar-refractivity contribution < 1.29 is 13.2 Å². The number of nitrogen functional groups attached to an aromatic ring is 1. The van der Waals surface area contributed by atoms with Crippen molar-refractivity contribution in [3.05, 3.63) is 54.2 Å². The van der Waals surface area contributed by atoms with Crippen molar-refractivity contribution in [1.29, 1.82) is 0 Å². The predicted octanol–water partition coefficient (Wildman–Crippen LogP) is 4.51. The summed E-state index contributed by atoms with van der Waals surface area (Å²) in [6, 6.07) is 10.7. The molecule has 0 radical (unpaired) electrons. The van der Waals surface area contributed by atoms with Gasteiger partial charge in [0.2, 0.25) is 0 Å². The molecule has 0 amide bonds. The van der Waals surface area contributed by atoms with E-state index in [4.69, 9.17) is 5.73 Å². The van der Waals surface area contributed by atoms with Crippen LogP contribution in [0.5, 0.6) is 0 Å². The first-order valence-corrected chi connectivity index (χ1v) is 6.25. The molecule has 0 aliphatic rings. The van der Waals surface area contributed by atoms with Gasteiger partial charge in [-0.25, -0.2) is 0 Å². The molecule has 6 heteroatoms. The average molecular weight is 291 g/mol. The van der Waals surface area contributed by atoms with E-state index in [1.54, 1.807) is 30.5 Å². The van der Waals surface area contributed by atoms with Gasteiger partial charge in [0.15, 0.2) is 0 Å². The number of hydrogen-bond acceptors (Lipinski definition) is 2. The zero-order valence-electron chi connectivity index (χ0n) is 10.8. The summed E-state index contributed by atoms with van der Waals surface area (Å²) in [6.45, 7) is 0. The first kappa shape index (κ1) is 13.4. The SMILES string of the molecule is Nc1ccccc1Nc1c[nH]c2ccc(C(F)(F)F)cc12. The van der Waals surface area contributed by atoms with Crippen molar-refractivity contribution in [2.75, 3.05) is 11.1 Å². The fourth-order valence-electron chi connectivity index (χ4n) is 2.16. The van der Waals surface area contributed by atoms with E-state index in [1.807, 2.05) is 0 Å². The zero-order chi connectivity index (χ0) is 15.0. The Hall–Kier alpha value is -2.63. The topological polar surface area (TPSA) is 53.8 Å². The highest BCUT2D eigenvalue weighted by molar-refractivity contribution is 5.95. The molecule has 0 aliphatic carbocycles. The molecule has 0 atom stereocenters.